The number of carbonyl (C=O) groups is 10. The molecule has 0 saturated carbocycles. The molecule has 2 aliphatic rings. The molecule has 2 rings (SSSR count). The molecular weight excluding hydrogens is 802 g/mol. The number of amides is 9. The second-order valence-electron chi connectivity index (χ2n) is 16.9. The summed E-state index contributed by atoms with van der Waals surface area (Å²) in [5, 5.41) is 19.4. The van der Waals surface area contributed by atoms with Gasteiger partial charge in [-0.3, -0.25) is 53.0 Å². The molecule has 2 unspecified atom stereocenters. The lowest BCUT2D eigenvalue weighted by Gasteiger charge is -2.24. The third-order valence-electron chi connectivity index (χ3n) is 10.00. The Kier molecular flexibility index (Phi) is 21.9. The normalized spacial score (nSPS) is 16.8. The predicted octanol–water partition coefficient (Wildman–Crippen LogP) is -1.18. The van der Waals surface area contributed by atoms with Gasteiger partial charge in [-0.1, -0.05) is 41.5 Å². The highest BCUT2D eigenvalue weighted by Crippen LogP contribution is 2.36. The van der Waals surface area contributed by atoms with Crippen molar-refractivity contribution in [1.82, 2.24) is 36.0 Å². The van der Waals surface area contributed by atoms with E-state index in [4.69, 9.17) is 19.3 Å². The lowest BCUT2D eigenvalue weighted by molar-refractivity contribution is -0.146. The third kappa shape index (κ3) is 19.5. The summed E-state index contributed by atoms with van der Waals surface area (Å²) >= 11 is 0. The number of carboxylic acid groups (broad SMARTS) is 1. The number of ether oxygens (including phenoxy) is 3. The summed E-state index contributed by atoms with van der Waals surface area (Å²) in [6.45, 7) is 11.0. The molecule has 2 heterocycles. The Bertz CT molecular complexity index is 1480. The van der Waals surface area contributed by atoms with Crippen LogP contribution in [0.2, 0.25) is 0 Å². The van der Waals surface area contributed by atoms with Gasteiger partial charge >= 0.3 is 5.97 Å². The molecular formula is C40H65N7O14. The lowest BCUT2D eigenvalue weighted by atomic mass is 9.80. The van der Waals surface area contributed by atoms with Gasteiger partial charge in [0.05, 0.1) is 38.3 Å². The Morgan fingerprint density at radius 1 is 0.574 bits per heavy atom. The number of carbonyl (C=O) groups excluding carboxylic acids is 9. The Labute approximate surface area is 356 Å². The number of likely N-dealkylation sites (tertiary alicyclic amines) is 2. The van der Waals surface area contributed by atoms with E-state index in [-0.39, 0.29) is 175 Å². The van der Waals surface area contributed by atoms with Crippen LogP contribution in [0.1, 0.15) is 80.1 Å². The van der Waals surface area contributed by atoms with Crippen molar-refractivity contribution in [2.75, 3.05) is 92.0 Å². The van der Waals surface area contributed by atoms with Crippen molar-refractivity contribution in [3.8, 4) is 0 Å². The van der Waals surface area contributed by atoms with Crippen molar-refractivity contribution in [2.45, 2.75) is 80.1 Å². The molecule has 0 bridgehead atoms. The molecule has 9 amide bonds. The first kappa shape index (κ1) is 52.1. The van der Waals surface area contributed by atoms with Crippen molar-refractivity contribution in [3.05, 3.63) is 0 Å². The second kappa shape index (κ2) is 25.7. The highest BCUT2D eigenvalue weighted by molar-refractivity contribution is 6.04. The van der Waals surface area contributed by atoms with E-state index in [0.29, 0.717) is 0 Å². The van der Waals surface area contributed by atoms with E-state index in [1.54, 1.807) is 0 Å². The van der Waals surface area contributed by atoms with Crippen molar-refractivity contribution in [1.29, 1.82) is 0 Å². The summed E-state index contributed by atoms with van der Waals surface area (Å²) in [7, 11) is 0. The summed E-state index contributed by atoms with van der Waals surface area (Å²) in [6.07, 6.45) is 0.174. The fraction of sp³-hybridized carbons (Fsp3) is 0.750. The van der Waals surface area contributed by atoms with Gasteiger partial charge in [0.25, 0.3) is 0 Å². The van der Waals surface area contributed by atoms with E-state index >= 15 is 0 Å². The van der Waals surface area contributed by atoms with Crippen LogP contribution in [0.25, 0.3) is 0 Å². The topological polar surface area (TPSA) is 276 Å². The number of hydrogen-bond acceptors (Lipinski definition) is 13. The van der Waals surface area contributed by atoms with Crippen LogP contribution in [0, 0.1) is 22.7 Å². The SMILES string of the molecule is CC(C)(C)C1CC(=O)N(CCC(=O)NCCOCCC(=O)NCCN(CCNC(=O)CCOCCNC(=O)CCN2C(=O)CC(C(C)(C)C)C2=O)C(=O)COCC(=O)O)C1=O. The number of hydrogen-bond donors (Lipinski definition) is 5. The number of aliphatic carboxylic acids is 1. The fourth-order valence-electron chi connectivity index (χ4n) is 6.37. The van der Waals surface area contributed by atoms with Crippen LogP contribution < -0.4 is 21.3 Å². The first-order valence-electron chi connectivity index (χ1n) is 20.6. The molecule has 5 N–H and O–H groups in total. The largest absolute Gasteiger partial charge is 0.480 e. The van der Waals surface area contributed by atoms with Crippen LogP contribution in [0.5, 0.6) is 0 Å². The molecule has 344 valence electrons. The number of rotatable bonds is 28. The van der Waals surface area contributed by atoms with Crippen LogP contribution >= 0.6 is 0 Å². The Balaban J connectivity index is 1.59. The zero-order chi connectivity index (χ0) is 45.8. The number of nitrogens with one attached hydrogen (secondary N) is 4. The Hall–Kier alpha value is -5.02. The standard InChI is InChI=1S/C40H65N7O14/c1-39(2,3)27-23-33(52)46(37(27)57)15-7-29(48)43-13-21-59-19-9-31(50)41-11-17-45(35(54)25-61-26-36(55)56)18-12-42-32(51)10-20-60-22-14-44-30(49)8-16-47-34(53)24-28(38(47)58)40(4,5)6/h27-28H,7-26H2,1-6H3,(H,41,50)(H,42,51)(H,43,48)(H,44,49)(H,55,56). The molecule has 21 heteroatoms. The Morgan fingerprint density at radius 2 is 0.951 bits per heavy atom. The number of nitrogens with zero attached hydrogens (tertiary/aromatic N) is 3. The van der Waals surface area contributed by atoms with Crippen LogP contribution in [-0.2, 0) is 62.2 Å². The van der Waals surface area contributed by atoms with E-state index in [1.165, 1.54) is 4.90 Å². The van der Waals surface area contributed by atoms with Crippen molar-refractivity contribution < 1.29 is 67.3 Å². The number of carboxylic acids is 1. The number of imide groups is 2. The summed E-state index contributed by atoms with van der Waals surface area (Å²) in [6, 6.07) is 0. The second-order valence-corrected chi connectivity index (χ2v) is 16.9. The third-order valence-corrected chi connectivity index (χ3v) is 10.00. The summed E-state index contributed by atoms with van der Waals surface area (Å²) in [5.41, 5.74) is -0.707. The van der Waals surface area contributed by atoms with Crippen molar-refractivity contribution in [2.24, 2.45) is 22.7 Å². The first-order chi connectivity index (χ1) is 28.6. The van der Waals surface area contributed by atoms with Crippen LogP contribution in [-0.4, -0.2) is 171 Å². The smallest absolute Gasteiger partial charge is 0.329 e. The summed E-state index contributed by atoms with van der Waals surface area (Å²) in [4.78, 5) is 126. The molecule has 61 heavy (non-hydrogen) atoms. The first-order valence-corrected chi connectivity index (χ1v) is 20.6. The van der Waals surface area contributed by atoms with Gasteiger partial charge in [-0.15, -0.1) is 0 Å². The molecule has 0 radical (unpaired) electrons. The molecule has 0 aliphatic carbocycles. The monoisotopic (exact) mass is 867 g/mol. The predicted molar refractivity (Wildman–Crippen MR) is 216 cm³/mol. The van der Waals surface area contributed by atoms with Crippen molar-refractivity contribution >= 4 is 59.1 Å². The van der Waals surface area contributed by atoms with Crippen molar-refractivity contribution in [3.63, 3.8) is 0 Å². The molecule has 0 spiro atoms. The van der Waals surface area contributed by atoms with Gasteiger partial charge in [0.1, 0.15) is 13.2 Å². The van der Waals surface area contributed by atoms with E-state index in [2.05, 4.69) is 21.3 Å². The Morgan fingerprint density at radius 3 is 1.31 bits per heavy atom. The maximum atomic E-state index is 12.7. The maximum Gasteiger partial charge on any atom is 0.329 e. The highest BCUT2D eigenvalue weighted by atomic mass is 16.5. The fourth-order valence-corrected chi connectivity index (χ4v) is 6.37. The van der Waals surface area contributed by atoms with Gasteiger partial charge in [-0.25, -0.2) is 4.79 Å². The summed E-state index contributed by atoms with van der Waals surface area (Å²) < 4.78 is 15.7. The quantitative estimate of drug-likeness (QED) is 0.0458. The molecule has 0 aromatic carbocycles. The van der Waals surface area contributed by atoms with E-state index in [9.17, 15) is 47.9 Å². The molecule has 0 aromatic rings. The molecule has 2 aliphatic heterocycles. The van der Waals surface area contributed by atoms with Crippen LogP contribution in [0.4, 0.5) is 0 Å². The van der Waals surface area contributed by atoms with Crippen LogP contribution in [0.15, 0.2) is 0 Å². The minimum absolute atomic E-state index is 0.00292. The zero-order valence-electron chi connectivity index (χ0n) is 36.4. The van der Waals surface area contributed by atoms with Crippen LogP contribution in [0.3, 0.4) is 0 Å². The molecule has 2 atom stereocenters. The maximum absolute atomic E-state index is 12.7. The average Bonchev–Trinajstić information content (AvgIpc) is 3.63. The minimum Gasteiger partial charge on any atom is -0.480 e. The van der Waals surface area contributed by atoms with E-state index < -0.39 is 36.9 Å². The van der Waals surface area contributed by atoms with Gasteiger partial charge < -0.3 is 45.5 Å². The minimum atomic E-state index is -1.25. The van der Waals surface area contributed by atoms with Gasteiger partial charge in [0.15, 0.2) is 0 Å². The van der Waals surface area contributed by atoms with Gasteiger partial charge in [0, 0.05) is 90.9 Å². The van der Waals surface area contributed by atoms with E-state index in [0.717, 1.165) is 9.80 Å². The van der Waals surface area contributed by atoms with E-state index in [1.807, 2.05) is 41.5 Å². The molecule has 0 aromatic heterocycles. The summed E-state index contributed by atoms with van der Waals surface area (Å²) in [5.74, 6) is -5.17. The average molecular weight is 868 g/mol. The molecule has 21 nitrogen and oxygen atoms in total. The lowest BCUT2D eigenvalue weighted by Crippen LogP contribution is -2.44. The van der Waals surface area contributed by atoms with Gasteiger partial charge in [-0.2, -0.15) is 0 Å². The molecule has 2 fully saturated rings. The molecule has 2 saturated heterocycles. The van der Waals surface area contributed by atoms with Gasteiger partial charge in [-0.05, 0) is 10.8 Å². The zero-order valence-corrected chi connectivity index (χ0v) is 36.4. The van der Waals surface area contributed by atoms with Gasteiger partial charge in [0.2, 0.25) is 53.2 Å². The highest BCUT2D eigenvalue weighted by Gasteiger charge is 2.45.